The first-order valence-corrected chi connectivity index (χ1v) is 9.82. The Morgan fingerprint density at radius 1 is 1.38 bits per heavy atom. The van der Waals surface area contributed by atoms with Gasteiger partial charge in [-0.05, 0) is 56.2 Å². The Morgan fingerprint density at radius 2 is 2.04 bits per heavy atom. The molecule has 2 rings (SSSR count). The highest BCUT2D eigenvalue weighted by molar-refractivity contribution is 9.10. The molecule has 1 saturated heterocycles. The molecule has 0 saturated carbocycles. The van der Waals surface area contributed by atoms with Crippen LogP contribution in [0, 0.1) is 5.41 Å². The van der Waals surface area contributed by atoms with E-state index in [1.54, 1.807) is 0 Å². The Balaban J connectivity index is 1.84. The van der Waals surface area contributed by atoms with Crippen molar-refractivity contribution in [1.29, 1.82) is 0 Å². The molecule has 1 heterocycles. The summed E-state index contributed by atoms with van der Waals surface area (Å²) in [5, 5.41) is 0. The Morgan fingerprint density at radius 3 is 2.58 bits per heavy atom. The van der Waals surface area contributed by atoms with Gasteiger partial charge in [-0.1, -0.05) is 48.3 Å². The van der Waals surface area contributed by atoms with Crippen molar-refractivity contribution in [2.45, 2.75) is 64.9 Å². The van der Waals surface area contributed by atoms with Gasteiger partial charge in [0, 0.05) is 4.47 Å². The largest absolute Gasteiger partial charge is 0.462 e. The van der Waals surface area contributed by atoms with Crippen LogP contribution in [-0.2, 0) is 14.3 Å². The molecule has 3 nitrogen and oxygen atoms in total. The summed E-state index contributed by atoms with van der Waals surface area (Å²) < 4.78 is 11.7. The molecule has 134 valence electrons. The van der Waals surface area contributed by atoms with Crippen LogP contribution in [0.1, 0.15) is 64.4 Å². The van der Waals surface area contributed by atoms with Crippen molar-refractivity contribution < 1.29 is 14.3 Å². The Kier molecular flexibility index (Phi) is 7.30. The number of benzene rings is 1. The quantitative estimate of drug-likeness (QED) is 0.388. The van der Waals surface area contributed by atoms with Crippen LogP contribution >= 0.6 is 15.9 Å². The molecular formula is C20H29BrO3. The third-order valence-electron chi connectivity index (χ3n) is 5.19. The number of carbonyl (C=O) groups excluding carboxylic acids is 1. The first-order valence-electron chi connectivity index (χ1n) is 9.02. The SMILES string of the molecule is CCC(CCCC(C)(CC)C(=O)OCC1CO1)c1ccc(Br)cc1. The topological polar surface area (TPSA) is 38.8 Å². The molecular weight excluding hydrogens is 368 g/mol. The van der Waals surface area contributed by atoms with Gasteiger partial charge < -0.3 is 9.47 Å². The highest BCUT2D eigenvalue weighted by atomic mass is 79.9. The van der Waals surface area contributed by atoms with Gasteiger partial charge in [0.1, 0.15) is 12.7 Å². The van der Waals surface area contributed by atoms with Crippen molar-refractivity contribution in [2.75, 3.05) is 13.2 Å². The fourth-order valence-electron chi connectivity index (χ4n) is 3.01. The second kappa shape index (κ2) is 9.00. The van der Waals surface area contributed by atoms with Crippen molar-refractivity contribution in [1.82, 2.24) is 0 Å². The van der Waals surface area contributed by atoms with E-state index in [2.05, 4.69) is 54.0 Å². The molecule has 0 aliphatic carbocycles. The van der Waals surface area contributed by atoms with Gasteiger partial charge in [-0.2, -0.15) is 0 Å². The van der Waals surface area contributed by atoms with Gasteiger partial charge in [0.15, 0.2) is 0 Å². The second-order valence-corrected chi connectivity index (χ2v) is 7.93. The maximum atomic E-state index is 12.4. The lowest BCUT2D eigenvalue weighted by molar-refractivity contribution is -0.156. The summed E-state index contributed by atoms with van der Waals surface area (Å²) >= 11 is 3.49. The molecule has 1 aromatic rings. The summed E-state index contributed by atoms with van der Waals surface area (Å²) in [5.41, 5.74) is 1.000. The minimum absolute atomic E-state index is 0.0720. The van der Waals surface area contributed by atoms with E-state index in [0.717, 1.165) is 43.2 Å². The molecule has 3 unspecified atom stereocenters. The predicted octanol–water partition coefficient (Wildman–Crippen LogP) is 5.47. The van der Waals surface area contributed by atoms with E-state index in [0.29, 0.717) is 12.5 Å². The zero-order chi connectivity index (χ0) is 17.6. The van der Waals surface area contributed by atoms with E-state index < -0.39 is 0 Å². The van der Waals surface area contributed by atoms with Gasteiger partial charge in [0.25, 0.3) is 0 Å². The smallest absolute Gasteiger partial charge is 0.311 e. The van der Waals surface area contributed by atoms with Crippen LogP contribution < -0.4 is 0 Å². The van der Waals surface area contributed by atoms with Crippen LogP contribution in [0.3, 0.4) is 0 Å². The zero-order valence-electron chi connectivity index (χ0n) is 15.0. The van der Waals surface area contributed by atoms with E-state index >= 15 is 0 Å². The van der Waals surface area contributed by atoms with E-state index in [1.165, 1.54) is 5.56 Å². The van der Waals surface area contributed by atoms with Crippen LogP contribution in [0.4, 0.5) is 0 Å². The van der Waals surface area contributed by atoms with Crippen LogP contribution in [0.5, 0.6) is 0 Å². The number of rotatable bonds is 10. The van der Waals surface area contributed by atoms with Crippen molar-refractivity contribution in [3.63, 3.8) is 0 Å². The van der Waals surface area contributed by atoms with Gasteiger partial charge in [0.2, 0.25) is 0 Å². The van der Waals surface area contributed by atoms with Gasteiger partial charge in [-0.3, -0.25) is 4.79 Å². The van der Waals surface area contributed by atoms with Crippen LogP contribution in [-0.4, -0.2) is 25.3 Å². The highest BCUT2D eigenvalue weighted by Gasteiger charge is 2.34. The van der Waals surface area contributed by atoms with Crippen molar-refractivity contribution >= 4 is 21.9 Å². The summed E-state index contributed by atoms with van der Waals surface area (Å²) in [6.45, 7) is 7.46. The number of esters is 1. The van der Waals surface area contributed by atoms with Gasteiger partial charge in [-0.25, -0.2) is 0 Å². The lowest BCUT2D eigenvalue weighted by atomic mass is 9.80. The third-order valence-corrected chi connectivity index (χ3v) is 5.72. The Bertz CT molecular complexity index is 524. The maximum Gasteiger partial charge on any atom is 0.311 e. The van der Waals surface area contributed by atoms with Gasteiger partial charge in [0.05, 0.1) is 12.0 Å². The minimum Gasteiger partial charge on any atom is -0.462 e. The molecule has 4 heteroatoms. The Labute approximate surface area is 154 Å². The number of hydrogen-bond acceptors (Lipinski definition) is 3. The first-order chi connectivity index (χ1) is 11.5. The second-order valence-electron chi connectivity index (χ2n) is 7.02. The van der Waals surface area contributed by atoms with E-state index in [1.807, 2.05) is 6.92 Å². The monoisotopic (exact) mass is 396 g/mol. The summed E-state index contributed by atoms with van der Waals surface area (Å²) in [6.07, 6.45) is 5.08. The summed E-state index contributed by atoms with van der Waals surface area (Å²) in [6, 6.07) is 8.60. The fourth-order valence-corrected chi connectivity index (χ4v) is 3.27. The molecule has 1 fully saturated rings. The summed E-state index contributed by atoms with van der Waals surface area (Å²) in [4.78, 5) is 12.4. The maximum absolute atomic E-state index is 12.4. The van der Waals surface area contributed by atoms with Crippen LogP contribution in [0.15, 0.2) is 28.7 Å². The normalized spacial score (nSPS) is 20.2. The predicted molar refractivity (Wildman–Crippen MR) is 100 cm³/mol. The first kappa shape index (κ1) is 19.5. The molecule has 1 aromatic carbocycles. The number of carbonyl (C=O) groups is 1. The van der Waals surface area contributed by atoms with Crippen molar-refractivity contribution in [3.8, 4) is 0 Å². The van der Waals surface area contributed by atoms with Crippen molar-refractivity contribution in [3.05, 3.63) is 34.3 Å². The van der Waals surface area contributed by atoms with E-state index in [9.17, 15) is 4.79 Å². The fraction of sp³-hybridized carbons (Fsp3) is 0.650. The molecule has 0 radical (unpaired) electrons. The lowest BCUT2D eigenvalue weighted by Gasteiger charge is -2.26. The zero-order valence-corrected chi connectivity index (χ0v) is 16.6. The number of epoxide rings is 1. The molecule has 1 aliphatic heterocycles. The van der Waals surface area contributed by atoms with Gasteiger partial charge >= 0.3 is 5.97 Å². The molecule has 0 N–H and O–H groups in total. The molecule has 24 heavy (non-hydrogen) atoms. The Hall–Kier alpha value is -0.870. The molecule has 0 spiro atoms. The van der Waals surface area contributed by atoms with Gasteiger partial charge in [-0.15, -0.1) is 0 Å². The summed E-state index contributed by atoms with van der Waals surface area (Å²) in [7, 11) is 0. The number of hydrogen-bond donors (Lipinski definition) is 0. The molecule has 0 amide bonds. The molecule has 0 aromatic heterocycles. The van der Waals surface area contributed by atoms with Crippen molar-refractivity contribution in [2.24, 2.45) is 5.41 Å². The van der Waals surface area contributed by atoms with E-state index in [-0.39, 0.29) is 17.5 Å². The lowest BCUT2D eigenvalue weighted by Crippen LogP contribution is -2.30. The standard InChI is InChI=1S/C20H29BrO3/c1-4-15(16-8-10-17(21)11-9-16)7-6-12-20(3,5-2)19(22)24-14-18-13-23-18/h8-11,15,18H,4-7,12-14H2,1-3H3. The molecule has 3 atom stereocenters. The molecule has 1 aliphatic rings. The number of ether oxygens (including phenoxy) is 2. The summed E-state index contributed by atoms with van der Waals surface area (Å²) in [5.74, 6) is 0.479. The highest BCUT2D eigenvalue weighted by Crippen LogP contribution is 2.33. The average Bonchev–Trinajstić information content (AvgIpc) is 3.41. The molecule has 0 bridgehead atoms. The minimum atomic E-state index is -0.382. The van der Waals surface area contributed by atoms with Crippen LogP contribution in [0.2, 0.25) is 0 Å². The average molecular weight is 397 g/mol. The third kappa shape index (κ3) is 5.59. The van der Waals surface area contributed by atoms with E-state index in [4.69, 9.17) is 9.47 Å². The van der Waals surface area contributed by atoms with Crippen LogP contribution in [0.25, 0.3) is 0 Å². The number of halogens is 1.